The van der Waals surface area contributed by atoms with Crippen molar-refractivity contribution in [3.05, 3.63) is 202 Å². The Hall–Kier alpha value is -11.2. The maximum absolute atomic E-state index is 5.99. The van der Waals surface area contributed by atoms with Crippen LogP contribution in [-0.4, -0.2) is 59.8 Å². The molecular weight excluding hydrogens is 1250 g/mol. The largest absolute Gasteiger partial charge is 0.398 e. The van der Waals surface area contributed by atoms with Gasteiger partial charge in [-0.15, -0.1) is 0 Å². The normalized spacial score (nSPS) is 10.6. The molecule has 446 valence electrons. The number of hydrogen-bond donors (Lipinski definition) is 10. The van der Waals surface area contributed by atoms with E-state index in [1.807, 2.05) is 132 Å². The number of rotatable bonds is 2. The van der Waals surface area contributed by atoms with Crippen LogP contribution >= 0.6 is 31.9 Å². The highest BCUT2D eigenvalue weighted by Crippen LogP contribution is 2.33. The third-order valence-corrected chi connectivity index (χ3v) is 15.4. The van der Waals surface area contributed by atoms with Crippen LogP contribution in [0.3, 0.4) is 0 Å². The molecule has 0 spiro atoms. The van der Waals surface area contributed by atoms with Crippen LogP contribution in [0.5, 0.6) is 0 Å². The third-order valence-electron chi connectivity index (χ3n) is 13.7. The molecule has 0 aliphatic heterocycles. The van der Waals surface area contributed by atoms with E-state index in [-0.39, 0.29) is 0 Å². The first-order valence-electron chi connectivity index (χ1n) is 27.3. The van der Waals surface area contributed by atoms with Crippen molar-refractivity contribution >= 4 is 155 Å². The summed E-state index contributed by atoms with van der Waals surface area (Å²) >= 11 is 6.84. The summed E-state index contributed by atoms with van der Waals surface area (Å²) in [4.78, 5) is 52.2. The van der Waals surface area contributed by atoms with Crippen LogP contribution in [0, 0.1) is 34.6 Å². The molecule has 14 aromatic rings. The predicted molar refractivity (Wildman–Crippen MR) is 371 cm³/mol. The molecule has 0 aliphatic carbocycles. The van der Waals surface area contributed by atoms with Crippen molar-refractivity contribution in [2.24, 2.45) is 0 Å². The minimum Gasteiger partial charge on any atom is -0.398 e. The molecule has 20 N–H and O–H groups in total. The second-order valence-electron chi connectivity index (χ2n) is 20.0. The van der Waals surface area contributed by atoms with Crippen LogP contribution in [-0.2, 0) is 0 Å². The summed E-state index contributed by atoms with van der Waals surface area (Å²) in [7, 11) is 0. The van der Waals surface area contributed by atoms with Gasteiger partial charge in [0.15, 0.2) is 0 Å². The van der Waals surface area contributed by atoms with Crippen LogP contribution in [0.15, 0.2) is 173 Å². The summed E-state index contributed by atoms with van der Waals surface area (Å²) in [6.07, 6.45) is 8.20. The van der Waals surface area contributed by atoms with Gasteiger partial charge in [-0.1, -0.05) is 60.7 Å². The predicted octanol–water partition coefficient (Wildman–Crippen LogP) is 12.0. The van der Waals surface area contributed by atoms with Gasteiger partial charge in [0.1, 0.15) is 33.1 Å². The molecule has 0 saturated carbocycles. The van der Waals surface area contributed by atoms with Crippen LogP contribution in [0.25, 0.3) is 88.7 Å². The standard InChI is InChI=1S/C15H12BrN3.C15H14N4.C10H12N4.C9H10N4.C8H6BrN3.C8H8N4/c1-9-14(10-5-3-2-4-6-10)19-15-12(18-9)8-7-11(17)13(15)16;1-9-14(10-5-3-2-4-6-10)19-15-12(18-9)8-7-11(16)13(15)17;1-5-6(2)14-10-8(13-5)4-3-7(11)9(10)12;1-5-4-12-9-7(13-5)3-2-6(10)8(9)11;9-7-5(10)1-2-6-8(7)12-4-3-11-6;9-5-1-2-6-8(7(5)10)12-4-3-11-6/h2-8H,17H2,1H3;2-8H,16-17H2,1H3;3-4H,11-12H2,1-2H3;2-4H,10-11H2,1H3;1-4H,10H2;1-4H,9-10H2. The summed E-state index contributed by atoms with van der Waals surface area (Å²) in [6.45, 7) is 9.64. The molecule has 0 unspecified atom stereocenters. The molecule has 0 fully saturated rings. The van der Waals surface area contributed by atoms with Crippen molar-refractivity contribution in [1.29, 1.82) is 0 Å². The number of halogens is 2. The summed E-state index contributed by atoms with van der Waals surface area (Å²) in [6, 6.07) is 41.6. The number of aryl methyl sites for hydroxylation is 5. The first-order valence-corrected chi connectivity index (χ1v) is 28.9. The van der Waals surface area contributed by atoms with Crippen molar-refractivity contribution in [3.63, 3.8) is 0 Å². The van der Waals surface area contributed by atoms with Crippen molar-refractivity contribution in [3.8, 4) is 22.5 Å². The van der Waals surface area contributed by atoms with E-state index in [1.165, 1.54) is 0 Å². The van der Waals surface area contributed by atoms with Gasteiger partial charge in [0, 0.05) is 53.5 Å². The topological polar surface area (TPSA) is 415 Å². The van der Waals surface area contributed by atoms with Gasteiger partial charge in [0.2, 0.25) is 0 Å². The highest BCUT2D eigenvalue weighted by molar-refractivity contribution is 9.11. The smallest absolute Gasteiger partial charge is 0.114 e. The van der Waals surface area contributed by atoms with Gasteiger partial charge in [0.25, 0.3) is 0 Å². The Balaban J connectivity index is 0.000000128. The molecule has 0 amide bonds. The Morgan fingerprint density at radius 1 is 0.270 bits per heavy atom. The second kappa shape index (κ2) is 27.4. The van der Waals surface area contributed by atoms with Gasteiger partial charge in [-0.25, -0.2) is 34.9 Å². The Morgan fingerprint density at radius 2 is 0.596 bits per heavy atom. The monoisotopic (exact) mass is 1310 g/mol. The lowest BCUT2D eigenvalue weighted by Crippen LogP contribution is -2.00. The fourth-order valence-corrected chi connectivity index (χ4v) is 9.68. The second-order valence-corrected chi connectivity index (χ2v) is 21.6. The summed E-state index contributed by atoms with van der Waals surface area (Å²) < 4.78 is 1.61. The van der Waals surface area contributed by atoms with E-state index in [0.29, 0.717) is 78.9 Å². The number of aromatic nitrogens is 12. The maximum atomic E-state index is 5.99. The van der Waals surface area contributed by atoms with Crippen LogP contribution in [0.2, 0.25) is 0 Å². The zero-order valence-electron chi connectivity index (χ0n) is 49.0. The highest BCUT2D eigenvalue weighted by atomic mass is 79.9. The molecule has 0 saturated heterocycles. The number of nitrogens with two attached hydrogens (primary N) is 10. The average Bonchev–Trinajstić information content (AvgIpc) is 3.13. The van der Waals surface area contributed by atoms with E-state index in [2.05, 4.69) is 86.7 Å². The van der Waals surface area contributed by atoms with E-state index >= 15 is 0 Å². The summed E-state index contributed by atoms with van der Waals surface area (Å²) in [5.74, 6) is 0. The van der Waals surface area contributed by atoms with Gasteiger partial charge in [-0.3, -0.25) is 24.9 Å². The fourth-order valence-electron chi connectivity index (χ4n) is 8.81. The van der Waals surface area contributed by atoms with Crippen molar-refractivity contribution in [2.45, 2.75) is 34.6 Å². The lowest BCUT2D eigenvalue weighted by Gasteiger charge is -2.09. The van der Waals surface area contributed by atoms with Crippen LogP contribution < -0.4 is 57.3 Å². The number of nitrogen functional groups attached to an aromatic ring is 10. The fraction of sp³-hybridized carbons (Fsp3) is 0.0769. The Kier molecular flexibility index (Phi) is 19.2. The van der Waals surface area contributed by atoms with Crippen LogP contribution in [0.4, 0.5) is 56.9 Å². The summed E-state index contributed by atoms with van der Waals surface area (Å²) in [5, 5.41) is 0. The number of hydrogen-bond acceptors (Lipinski definition) is 22. The van der Waals surface area contributed by atoms with E-state index < -0.39 is 0 Å². The SMILES string of the molecule is Cc1cnc2c(N)c(N)ccc2n1.Cc1nc2ccc(N)c(Br)c2nc1-c1ccccc1.Cc1nc2ccc(N)c(N)c2nc1-c1ccccc1.Cc1nc2ccc(N)c(N)c2nc1C.Nc1ccc2nccnc2c1Br.Nc1ccc2nccnc2c1N. The first kappa shape index (κ1) is 62.3. The van der Waals surface area contributed by atoms with Crippen molar-refractivity contribution < 1.29 is 0 Å². The molecule has 6 heterocycles. The number of anilines is 10. The zero-order valence-corrected chi connectivity index (χ0v) is 52.2. The quantitative estimate of drug-likeness (QED) is 0.0719. The van der Waals surface area contributed by atoms with E-state index in [0.717, 1.165) is 104 Å². The van der Waals surface area contributed by atoms with E-state index in [1.54, 1.807) is 67.4 Å². The molecule has 14 rings (SSSR count). The van der Waals surface area contributed by atoms with Gasteiger partial charge in [-0.2, -0.15) is 0 Å². The molecule has 24 heteroatoms. The molecular formula is C65H62Br2N22. The molecule has 0 aliphatic rings. The third kappa shape index (κ3) is 14.2. The van der Waals surface area contributed by atoms with Crippen molar-refractivity contribution in [2.75, 3.05) is 57.3 Å². The Labute approximate surface area is 528 Å². The van der Waals surface area contributed by atoms with Crippen molar-refractivity contribution in [1.82, 2.24) is 59.8 Å². The maximum Gasteiger partial charge on any atom is 0.114 e. The molecule has 0 atom stereocenters. The lowest BCUT2D eigenvalue weighted by molar-refractivity contribution is 1.10. The van der Waals surface area contributed by atoms with Gasteiger partial charge >= 0.3 is 0 Å². The highest BCUT2D eigenvalue weighted by Gasteiger charge is 2.14. The molecule has 89 heavy (non-hydrogen) atoms. The Bertz CT molecular complexity index is 4690. The van der Waals surface area contributed by atoms with Crippen LogP contribution in [0.1, 0.15) is 28.5 Å². The van der Waals surface area contributed by atoms with Gasteiger partial charge in [-0.05, 0) is 139 Å². The van der Waals surface area contributed by atoms with Gasteiger partial charge < -0.3 is 57.3 Å². The minimum absolute atomic E-state index is 0.488. The number of fused-ring (bicyclic) bond motifs is 6. The molecule has 0 radical (unpaired) electrons. The minimum atomic E-state index is 0.488. The van der Waals surface area contributed by atoms with E-state index in [9.17, 15) is 0 Å². The lowest BCUT2D eigenvalue weighted by atomic mass is 10.1. The number of benzene rings is 8. The van der Waals surface area contributed by atoms with Gasteiger partial charge in [0.05, 0.1) is 127 Å². The van der Waals surface area contributed by atoms with E-state index in [4.69, 9.17) is 62.3 Å². The number of nitrogens with zero attached hydrogens (tertiary/aromatic N) is 12. The first-order chi connectivity index (χ1) is 42.7. The Morgan fingerprint density at radius 3 is 1.08 bits per heavy atom. The molecule has 22 nitrogen and oxygen atoms in total. The molecule has 6 aromatic heterocycles. The molecule has 0 bridgehead atoms. The summed E-state index contributed by atoms with van der Waals surface area (Å²) in [5.41, 5.74) is 80.4. The zero-order chi connectivity index (χ0) is 63.6. The average molecular weight is 1310 g/mol. The molecule has 8 aromatic carbocycles.